The minimum Gasteiger partial charge on any atom is -0.480 e. The van der Waals surface area contributed by atoms with Crippen LogP contribution in [-0.4, -0.2) is 25.0 Å². The highest BCUT2D eigenvalue weighted by atomic mass is 32.2. The molecule has 116 valence electrons. The summed E-state index contributed by atoms with van der Waals surface area (Å²) in [5, 5.41) is 9.21. The zero-order valence-electron chi connectivity index (χ0n) is 12.3. The Morgan fingerprint density at radius 2 is 1.86 bits per heavy atom. The van der Waals surface area contributed by atoms with E-state index in [0.29, 0.717) is 18.8 Å². The molecule has 21 heavy (non-hydrogen) atoms. The van der Waals surface area contributed by atoms with Gasteiger partial charge in [0, 0.05) is 0 Å². The maximum atomic E-state index is 12.3. The fraction of sp³-hybridized carbons (Fsp3) is 0.533. The van der Waals surface area contributed by atoms with Gasteiger partial charge < -0.3 is 5.11 Å². The molecule has 0 radical (unpaired) electrons. The summed E-state index contributed by atoms with van der Waals surface area (Å²) in [6.45, 7) is 4.19. The first-order valence-electron chi connectivity index (χ1n) is 7.11. The van der Waals surface area contributed by atoms with Crippen LogP contribution in [0.1, 0.15) is 38.7 Å². The maximum Gasteiger partial charge on any atom is 0.324 e. The molecule has 0 spiro atoms. The van der Waals surface area contributed by atoms with E-state index in [1.165, 1.54) is 12.1 Å². The minimum absolute atomic E-state index is 0.113. The summed E-state index contributed by atoms with van der Waals surface area (Å²) in [4.78, 5) is 11.4. The number of carboxylic acid groups (broad SMARTS) is 1. The molecule has 0 heterocycles. The fourth-order valence-corrected chi connectivity index (χ4v) is 3.90. The van der Waals surface area contributed by atoms with Gasteiger partial charge in [-0.25, -0.2) is 8.42 Å². The van der Waals surface area contributed by atoms with E-state index in [0.717, 1.165) is 18.4 Å². The lowest BCUT2D eigenvalue weighted by Crippen LogP contribution is -2.58. The van der Waals surface area contributed by atoms with Gasteiger partial charge in [0.25, 0.3) is 0 Å². The van der Waals surface area contributed by atoms with Gasteiger partial charge in [-0.15, -0.1) is 0 Å². The summed E-state index contributed by atoms with van der Waals surface area (Å²) in [7, 11) is -3.80. The maximum absolute atomic E-state index is 12.3. The molecule has 1 aliphatic carbocycles. The Morgan fingerprint density at radius 1 is 1.29 bits per heavy atom. The van der Waals surface area contributed by atoms with Gasteiger partial charge in [0.15, 0.2) is 0 Å². The van der Waals surface area contributed by atoms with Crippen molar-refractivity contribution in [1.82, 2.24) is 4.72 Å². The zero-order valence-corrected chi connectivity index (χ0v) is 13.1. The van der Waals surface area contributed by atoms with E-state index >= 15 is 0 Å². The molecule has 1 saturated carbocycles. The van der Waals surface area contributed by atoms with Crippen LogP contribution in [-0.2, 0) is 21.2 Å². The molecule has 6 heteroatoms. The molecule has 2 rings (SSSR count). The summed E-state index contributed by atoms with van der Waals surface area (Å²) in [5.41, 5.74) is -0.254. The van der Waals surface area contributed by atoms with Crippen molar-refractivity contribution in [3.63, 3.8) is 0 Å². The summed E-state index contributed by atoms with van der Waals surface area (Å²) in [6.07, 6.45) is 2.29. The van der Waals surface area contributed by atoms with Crippen molar-refractivity contribution in [3.8, 4) is 0 Å². The Bertz CT molecular complexity index is 616. The Labute approximate surface area is 125 Å². The zero-order chi connectivity index (χ0) is 15.7. The third-order valence-electron chi connectivity index (χ3n) is 3.82. The average Bonchev–Trinajstić information content (AvgIpc) is 2.33. The predicted molar refractivity (Wildman–Crippen MR) is 79.5 cm³/mol. The number of nitrogens with one attached hydrogen (secondary N) is 1. The normalized spacial score (nSPS) is 17.5. The Morgan fingerprint density at radius 3 is 2.24 bits per heavy atom. The molecule has 0 amide bonds. The monoisotopic (exact) mass is 311 g/mol. The minimum atomic E-state index is -3.80. The summed E-state index contributed by atoms with van der Waals surface area (Å²) in [5.74, 6) is -0.607. The van der Waals surface area contributed by atoms with Gasteiger partial charge in [-0.05, 0) is 49.3 Å². The Hall–Kier alpha value is -1.40. The molecule has 0 saturated heterocycles. The van der Waals surface area contributed by atoms with Crippen molar-refractivity contribution in [1.29, 1.82) is 0 Å². The molecule has 1 fully saturated rings. The van der Waals surface area contributed by atoms with Gasteiger partial charge in [-0.3, -0.25) is 4.79 Å². The molecular weight excluding hydrogens is 290 g/mol. The molecular formula is C15H21NO4S. The molecule has 2 N–H and O–H groups in total. The standard InChI is InChI=1S/C15H21NO4S/c1-11(2)10-12-4-6-13(7-5-12)21(19,20)16-15(14(17)18)8-3-9-15/h4-7,11,16H,3,8-10H2,1-2H3,(H,17,18). The van der Waals surface area contributed by atoms with E-state index in [9.17, 15) is 18.3 Å². The van der Waals surface area contributed by atoms with Gasteiger partial charge in [-0.2, -0.15) is 4.72 Å². The van der Waals surface area contributed by atoms with Crippen molar-refractivity contribution in [2.45, 2.75) is 50.0 Å². The van der Waals surface area contributed by atoms with Crippen molar-refractivity contribution in [2.75, 3.05) is 0 Å². The number of hydrogen-bond acceptors (Lipinski definition) is 3. The first-order valence-corrected chi connectivity index (χ1v) is 8.60. The van der Waals surface area contributed by atoms with Crippen LogP contribution in [0.2, 0.25) is 0 Å². The van der Waals surface area contributed by atoms with Crippen LogP contribution < -0.4 is 4.72 Å². The van der Waals surface area contributed by atoms with Crippen LogP contribution in [0.15, 0.2) is 29.2 Å². The van der Waals surface area contributed by atoms with Crippen LogP contribution in [0.3, 0.4) is 0 Å². The molecule has 1 aromatic rings. The first-order chi connectivity index (χ1) is 9.75. The van der Waals surface area contributed by atoms with Gasteiger partial charge in [0.2, 0.25) is 10.0 Å². The topological polar surface area (TPSA) is 83.5 Å². The van der Waals surface area contributed by atoms with Gasteiger partial charge in [-0.1, -0.05) is 26.0 Å². The van der Waals surface area contributed by atoms with Gasteiger partial charge >= 0.3 is 5.97 Å². The molecule has 0 aliphatic heterocycles. The highest BCUT2D eigenvalue weighted by Gasteiger charge is 2.47. The number of aliphatic carboxylic acids is 1. The molecule has 0 aromatic heterocycles. The molecule has 0 atom stereocenters. The number of carbonyl (C=O) groups is 1. The summed E-state index contributed by atoms with van der Waals surface area (Å²) >= 11 is 0. The van der Waals surface area contributed by atoms with Crippen LogP contribution in [0.4, 0.5) is 0 Å². The lowest BCUT2D eigenvalue weighted by atomic mass is 9.78. The molecule has 0 unspecified atom stereocenters. The molecule has 1 aliphatic rings. The Balaban J connectivity index is 2.18. The van der Waals surface area contributed by atoms with Crippen molar-refractivity contribution >= 4 is 16.0 Å². The third kappa shape index (κ3) is 3.44. The number of rotatable bonds is 6. The van der Waals surface area contributed by atoms with Crippen LogP contribution >= 0.6 is 0 Å². The van der Waals surface area contributed by atoms with Gasteiger partial charge in [0.1, 0.15) is 5.54 Å². The quantitative estimate of drug-likeness (QED) is 0.843. The van der Waals surface area contributed by atoms with E-state index in [1.54, 1.807) is 12.1 Å². The number of hydrogen-bond donors (Lipinski definition) is 2. The van der Waals surface area contributed by atoms with Gasteiger partial charge in [0.05, 0.1) is 4.90 Å². The fourth-order valence-electron chi connectivity index (χ4n) is 2.48. The molecule has 0 bridgehead atoms. The third-order valence-corrected chi connectivity index (χ3v) is 5.38. The second kappa shape index (κ2) is 5.77. The smallest absolute Gasteiger partial charge is 0.324 e. The van der Waals surface area contributed by atoms with Crippen LogP contribution in [0.25, 0.3) is 0 Å². The SMILES string of the molecule is CC(C)Cc1ccc(S(=O)(=O)NC2(C(=O)O)CCC2)cc1. The summed E-state index contributed by atoms with van der Waals surface area (Å²) in [6, 6.07) is 6.63. The molecule has 1 aromatic carbocycles. The lowest BCUT2D eigenvalue weighted by Gasteiger charge is -2.37. The lowest BCUT2D eigenvalue weighted by molar-refractivity contribution is -0.147. The highest BCUT2D eigenvalue weighted by molar-refractivity contribution is 7.89. The van der Waals surface area contributed by atoms with E-state index in [4.69, 9.17) is 0 Å². The van der Waals surface area contributed by atoms with E-state index in [2.05, 4.69) is 18.6 Å². The molecule has 5 nitrogen and oxygen atoms in total. The second-order valence-electron chi connectivity index (χ2n) is 6.09. The highest BCUT2D eigenvalue weighted by Crippen LogP contribution is 2.33. The van der Waals surface area contributed by atoms with Crippen LogP contribution in [0, 0.1) is 5.92 Å². The van der Waals surface area contributed by atoms with Crippen molar-refractivity contribution < 1.29 is 18.3 Å². The van der Waals surface area contributed by atoms with Crippen molar-refractivity contribution in [3.05, 3.63) is 29.8 Å². The number of benzene rings is 1. The van der Waals surface area contributed by atoms with E-state index in [-0.39, 0.29) is 4.90 Å². The number of sulfonamides is 1. The van der Waals surface area contributed by atoms with Crippen molar-refractivity contribution in [2.24, 2.45) is 5.92 Å². The summed E-state index contributed by atoms with van der Waals surface area (Å²) < 4.78 is 27.0. The van der Waals surface area contributed by atoms with E-state index in [1.807, 2.05) is 0 Å². The average molecular weight is 311 g/mol. The predicted octanol–water partition coefficient (Wildman–Crippen LogP) is 2.17. The second-order valence-corrected chi connectivity index (χ2v) is 7.77. The van der Waals surface area contributed by atoms with E-state index < -0.39 is 21.5 Å². The van der Waals surface area contributed by atoms with Crippen LogP contribution in [0.5, 0.6) is 0 Å². The number of carboxylic acids is 1. The largest absolute Gasteiger partial charge is 0.480 e. The first kappa shape index (κ1) is 16.0. The Kier molecular flexibility index (Phi) is 4.39.